The van der Waals surface area contributed by atoms with Crippen molar-refractivity contribution in [1.82, 2.24) is 9.78 Å². The van der Waals surface area contributed by atoms with E-state index in [2.05, 4.69) is 18.9 Å². The Morgan fingerprint density at radius 3 is 2.54 bits per heavy atom. The van der Waals surface area contributed by atoms with E-state index >= 15 is 0 Å². The average molecular weight is 350 g/mol. The third-order valence-electron chi connectivity index (χ3n) is 4.13. The van der Waals surface area contributed by atoms with Gasteiger partial charge < -0.3 is 9.47 Å². The van der Waals surface area contributed by atoms with E-state index in [0.717, 1.165) is 16.9 Å². The van der Waals surface area contributed by atoms with Crippen LogP contribution in [0.2, 0.25) is 0 Å². The molecule has 3 aromatic rings. The van der Waals surface area contributed by atoms with Crippen LogP contribution in [-0.2, 0) is 0 Å². The lowest BCUT2D eigenvalue weighted by atomic mass is 10.1. The Morgan fingerprint density at radius 2 is 1.85 bits per heavy atom. The maximum atomic E-state index is 12.6. The van der Waals surface area contributed by atoms with E-state index in [1.165, 1.54) is 0 Å². The Bertz CT molecular complexity index is 929. The number of hydrogen-bond donors (Lipinski definition) is 0. The van der Waals surface area contributed by atoms with Crippen molar-refractivity contribution in [3.63, 3.8) is 0 Å². The van der Waals surface area contributed by atoms with Gasteiger partial charge in [0.05, 0.1) is 24.1 Å². The van der Waals surface area contributed by atoms with E-state index < -0.39 is 5.97 Å². The van der Waals surface area contributed by atoms with Crippen LogP contribution in [0.3, 0.4) is 0 Å². The SMILES string of the molecule is COc1cccc(C(=O)Oc2cc(C(C)C)nn2-c2ccccc2C)c1. The maximum Gasteiger partial charge on any atom is 0.344 e. The summed E-state index contributed by atoms with van der Waals surface area (Å²) < 4.78 is 12.5. The molecule has 5 nitrogen and oxygen atoms in total. The Morgan fingerprint density at radius 1 is 1.08 bits per heavy atom. The lowest BCUT2D eigenvalue weighted by Gasteiger charge is -2.10. The molecule has 0 aliphatic rings. The number of ether oxygens (including phenoxy) is 2. The van der Waals surface area contributed by atoms with Gasteiger partial charge in [0.2, 0.25) is 5.88 Å². The summed E-state index contributed by atoms with van der Waals surface area (Å²) in [6.45, 7) is 6.11. The first-order chi connectivity index (χ1) is 12.5. The molecule has 0 atom stereocenters. The lowest BCUT2D eigenvalue weighted by molar-refractivity contribution is 0.0722. The molecule has 0 radical (unpaired) electrons. The molecular formula is C21H22N2O3. The zero-order valence-electron chi connectivity index (χ0n) is 15.4. The molecule has 0 saturated heterocycles. The number of benzene rings is 2. The molecule has 0 N–H and O–H groups in total. The minimum absolute atomic E-state index is 0.217. The summed E-state index contributed by atoms with van der Waals surface area (Å²) >= 11 is 0. The van der Waals surface area contributed by atoms with Crippen LogP contribution in [0.1, 0.15) is 41.4 Å². The van der Waals surface area contributed by atoms with Crippen LogP contribution >= 0.6 is 0 Å². The topological polar surface area (TPSA) is 53.4 Å². The number of carbonyl (C=O) groups excluding carboxylic acids is 1. The number of rotatable bonds is 5. The van der Waals surface area contributed by atoms with Gasteiger partial charge in [-0.15, -0.1) is 0 Å². The molecule has 0 spiro atoms. The highest BCUT2D eigenvalue weighted by atomic mass is 16.5. The number of aryl methyl sites for hydroxylation is 1. The monoisotopic (exact) mass is 350 g/mol. The number of methoxy groups -OCH3 is 1. The summed E-state index contributed by atoms with van der Waals surface area (Å²) in [5.74, 6) is 0.772. The molecule has 1 aromatic heterocycles. The van der Waals surface area contributed by atoms with Gasteiger partial charge in [0.25, 0.3) is 0 Å². The zero-order valence-corrected chi connectivity index (χ0v) is 15.4. The molecule has 0 fully saturated rings. The van der Waals surface area contributed by atoms with Gasteiger partial charge >= 0.3 is 5.97 Å². The maximum absolute atomic E-state index is 12.6. The van der Waals surface area contributed by atoms with Crippen LogP contribution in [0, 0.1) is 6.92 Å². The van der Waals surface area contributed by atoms with E-state index in [4.69, 9.17) is 9.47 Å². The molecule has 0 bridgehead atoms. The number of esters is 1. The predicted molar refractivity (Wildman–Crippen MR) is 100 cm³/mol. The summed E-state index contributed by atoms with van der Waals surface area (Å²) in [4.78, 5) is 12.6. The van der Waals surface area contributed by atoms with Crippen molar-refractivity contribution >= 4 is 5.97 Å². The Labute approximate surface area is 153 Å². The van der Waals surface area contributed by atoms with E-state index in [-0.39, 0.29) is 5.92 Å². The fourth-order valence-corrected chi connectivity index (χ4v) is 2.61. The molecule has 5 heteroatoms. The van der Waals surface area contributed by atoms with Crippen LogP contribution in [0.25, 0.3) is 5.69 Å². The molecule has 0 aliphatic carbocycles. The van der Waals surface area contributed by atoms with Gasteiger partial charge in [0.1, 0.15) is 5.75 Å². The van der Waals surface area contributed by atoms with Crippen LogP contribution < -0.4 is 9.47 Å². The second kappa shape index (κ2) is 7.44. The number of aromatic nitrogens is 2. The zero-order chi connectivity index (χ0) is 18.7. The number of hydrogen-bond acceptors (Lipinski definition) is 4. The van der Waals surface area contributed by atoms with Crippen molar-refractivity contribution in [2.75, 3.05) is 7.11 Å². The van der Waals surface area contributed by atoms with Gasteiger partial charge in [0, 0.05) is 6.07 Å². The lowest BCUT2D eigenvalue weighted by Crippen LogP contribution is -2.12. The Kier molecular flexibility index (Phi) is 5.07. The fraction of sp³-hybridized carbons (Fsp3) is 0.238. The number of para-hydroxylation sites is 1. The molecule has 1 heterocycles. The molecule has 0 aliphatic heterocycles. The van der Waals surface area contributed by atoms with Gasteiger partial charge in [0.15, 0.2) is 0 Å². The van der Waals surface area contributed by atoms with Crippen molar-refractivity contribution < 1.29 is 14.3 Å². The van der Waals surface area contributed by atoms with Gasteiger partial charge in [-0.2, -0.15) is 5.10 Å². The van der Waals surface area contributed by atoms with Gasteiger partial charge in [-0.05, 0) is 42.7 Å². The van der Waals surface area contributed by atoms with E-state index in [1.807, 2.05) is 37.3 Å². The molecule has 0 amide bonds. The predicted octanol–water partition coefficient (Wildman–Crippen LogP) is 4.53. The smallest absolute Gasteiger partial charge is 0.344 e. The third kappa shape index (κ3) is 3.61. The first kappa shape index (κ1) is 17.7. The quantitative estimate of drug-likeness (QED) is 0.634. The summed E-state index contributed by atoms with van der Waals surface area (Å²) in [7, 11) is 1.56. The molecule has 2 aromatic carbocycles. The molecule has 0 unspecified atom stereocenters. The largest absolute Gasteiger partial charge is 0.497 e. The van der Waals surface area contributed by atoms with E-state index in [1.54, 1.807) is 36.1 Å². The van der Waals surface area contributed by atoms with Crippen molar-refractivity contribution in [3.05, 3.63) is 71.4 Å². The summed E-state index contributed by atoms with van der Waals surface area (Å²) in [5, 5.41) is 4.64. The first-order valence-electron chi connectivity index (χ1n) is 8.52. The van der Waals surface area contributed by atoms with Gasteiger partial charge in [-0.1, -0.05) is 38.1 Å². The standard InChI is InChI=1S/C21H22N2O3/c1-14(2)18-13-20(23(22-18)19-11-6-5-8-15(19)3)26-21(24)16-9-7-10-17(12-16)25-4/h5-14H,1-4H3. The van der Waals surface area contributed by atoms with Crippen LogP contribution in [-0.4, -0.2) is 22.9 Å². The average Bonchev–Trinajstić information content (AvgIpc) is 3.06. The van der Waals surface area contributed by atoms with Crippen molar-refractivity contribution in [2.45, 2.75) is 26.7 Å². The van der Waals surface area contributed by atoms with Crippen molar-refractivity contribution in [1.29, 1.82) is 0 Å². The first-order valence-corrected chi connectivity index (χ1v) is 8.52. The third-order valence-corrected chi connectivity index (χ3v) is 4.13. The second-order valence-electron chi connectivity index (χ2n) is 6.38. The molecule has 3 rings (SSSR count). The summed E-state index contributed by atoms with van der Waals surface area (Å²) in [6.07, 6.45) is 0. The van der Waals surface area contributed by atoms with Crippen molar-refractivity contribution in [2.24, 2.45) is 0 Å². The number of nitrogens with zero attached hydrogens (tertiary/aromatic N) is 2. The molecule has 26 heavy (non-hydrogen) atoms. The highest BCUT2D eigenvalue weighted by molar-refractivity contribution is 5.91. The normalized spacial score (nSPS) is 10.8. The molecule has 134 valence electrons. The second-order valence-corrected chi connectivity index (χ2v) is 6.38. The molecule has 0 saturated carbocycles. The minimum Gasteiger partial charge on any atom is -0.497 e. The molecular weight excluding hydrogens is 328 g/mol. The van der Waals surface area contributed by atoms with E-state index in [0.29, 0.717) is 17.2 Å². The highest BCUT2D eigenvalue weighted by Gasteiger charge is 2.18. The summed E-state index contributed by atoms with van der Waals surface area (Å²) in [6, 6.07) is 16.6. The Hall–Kier alpha value is -3.08. The van der Waals surface area contributed by atoms with Gasteiger partial charge in [-0.3, -0.25) is 0 Å². The summed E-state index contributed by atoms with van der Waals surface area (Å²) in [5.41, 5.74) is 3.21. The van der Waals surface area contributed by atoms with Crippen molar-refractivity contribution in [3.8, 4) is 17.3 Å². The van der Waals surface area contributed by atoms with Crippen LogP contribution in [0.15, 0.2) is 54.6 Å². The number of carbonyl (C=O) groups is 1. The minimum atomic E-state index is -0.450. The highest BCUT2D eigenvalue weighted by Crippen LogP contribution is 2.26. The fourth-order valence-electron chi connectivity index (χ4n) is 2.61. The van der Waals surface area contributed by atoms with E-state index in [9.17, 15) is 4.79 Å². The van der Waals surface area contributed by atoms with Gasteiger partial charge in [-0.25, -0.2) is 9.48 Å². The Balaban J connectivity index is 1.98. The van der Waals surface area contributed by atoms with Crippen LogP contribution in [0.4, 0.5) is 0 Å². The van der Waals surface area contributed by atoms with Crippen LogP contribution in [0.5, 0.6) is 11.6 Å².